The van der Waals surface area contributed by atoms with Crippen molar-refractivity contribution < 1.29 is 0 Å². The fraction of sp³-hybridized carbons (Fsp3) is 0.625. The Kier molecular flexibility index (Phi) is 6.52. The topological polar surface area (TPSA) is 0 Å². The van der Waals surface area contributed by atoms with Crippen molar-refractivity contribution in [2.24, 2.45) is 0 Å². The molecule has 1 radical (unpaired) electrons. The van der Waals surface area contributed by atoms with Crippen LogP contribution in [0.1, 0.15) is 32.6 Å². The van der Waals surface area contributed by atoms with Crippen molar-refractivity contribution in [1.29, 1.82) is 0 Å². The van der Waals surface area contributed by atoms with E-state index >= 15 is 0 Å². The van der Waals surface area contributed by atoms with Gasteiger partial charge in [0.05, 0.1) is 0 Å². The molecule has 0 nitrogen and oxygen atoms in total. The summed E-state index contributed by atoms with van der Waals surface area (Å²) in [5, 5.41) is 0. The van der Waals surface area contributed by atoms with Crippen LogP contribution in [0, 0.1) is 6.92 Å². The third-order valence-electron chi connectivity index (χ3n) is 1.06. The van der Waals surface area contributed by atoms with Crippen molar-refractivity contribution in [2.45, 2.75) is 32.6 Å². The van der Waals surface area contributed by atoms with Gasteiger partial charge in [0, 0.05) is 0 Å². The first-order valence-electron chi connectivity index (χ1n) is 3.36. The molecule has 0 atom stereocenters. The third kappa shape index (κ3) is 5.74. The highest BCUT2D eigenvalue weighted by Gasteiger charge is 1.74. The molecule has 0 aromatic rings. The molecule has 0 N–H and O–H groups in total. The largest absolute Gasteiger partial charge is 0.0885 e. The zero-order valence-electron chi connectivity index (χ0n) is 5.69. The van der Waals surface area contributed by atoms with E-state index in [4.69, 9.17) is 0 Å². The third-order valence-corrected chi connectivity index (χ3v) is 1.06. The minimum Gasteiger partial charge on any atom is -0.0885 e. The second-order valence-electron chi connectivity index (χ2n) is 1.90. The lowest BCUT2D eigenvalue weighted by Crippen LogP contribution is -1.65. The van der Waals surface area contributed by atoms with Crippen molar-refractivity contribution in [1.82, 2.24) is 0 Å². The van der Waals surface area contributed by atoms with E-state index in [1.807, 2.05) is 0 Å². The zero-order valence-corrected chi connectivity index (χ0v) is 5.69. The molecule has 0 fully saturated rings. The number of allylic oxidation sites excluding steroid dienone is 2. The SMILES string of the molecule is [CH2]C/C=C\CCCC. The van der Waals surface area contributed by atoms with Gasteiger partial charge < -0.3 is 0 Å². The molecule has 0 spiro atoms. The Hall–Kier alpha value is -0.260. The van der Waals surface area contributed by atoms with E-state index in [1.54, 1.807) is 0 Å². The van der Waals surface area contributed by atoms with Crippen molar-refractivity contribution >= 4 is 0 Å². The second kappa shape index (κ2) is 6.74. The lowest BCUT2D eigenvalue weighted by molar-refractivity contribution is 0.813. The molecule has 0 aliphatic rings. The zero-order chi connectivity index (χ0) is 6.24. The van der Waals surface area contributed by atoms with Crippen LogP contribution >= 0.6 is 0 Å². The van der Waals surface area contributed by atoms with Gasteiger partial charge >= 0.3 is 0 Å². The van der Waals surface area contributed by atoms with Crippen LogP contribution in [-0.4, -0.2) is 0 Å². The average molecular weight is 111 g/mol. The van der Waals surface area contributed by atoms with E-state index in [-0.39, 0.29) is 0 Å². The van der Waals surface area contributed by atoms with Gasteiger partial charge in [-0.2, -0.15) is 0 Å². The molecule has 0 saturated carbocycles. The first-order valence-corrected chi connectivity index (χ1v) is 3.36. The summed E-state index contributed by atoms with van der Waals surface area (Å²) in [6, 6.07) is 0. The monoisotopic (exact) mass is 111 g/mol. The van der Waals surface area contributed by atoms with Gasteiger partial charge in [-0.05, 0) is 19.8 Å². The number of rotatable bonds is 4. The minimum atomic E-state index is 0.934. The molecular formula is C8H15. The maximum absolute atomic E-state index is 3.70. The molecule has 0 aromatic heterocycles. The number of hydrogen-bond donors (Lipinski definition) is 0. The van der Waals surface area contributed by atoms with Gasteiger partial charge in [0.2, 0.25) is 0 Å². The molecule has 8 heavy (non-hydrogen) atoms. The Bertz CT molecular complexity index is 53.1. The van der Waals surface area contributed by atoms with Crippen LogP contribution in [0.3, 0.4) is 0 Å². The van der Waals surface area contributed by atoms with Crippen molar-refractivity contribution in [3.05, 3.63) is 19.1 Å². The summed E-state index contributed by atoms with van der Waals surface area (Å²) in [7, 11) is 0. The van der Waals surface area contributed by atoms with E-state index in [0.717, 1.165) is 6.42 Å². The van der Waals surface area contributed by atoms with E-state index in [2.05, 4.69) is 26.0 Å². The average Bonchev–Trinajstić information content (AvgIpc) is 1.81. The highest BCUT2D eigenvalue weighted by molar-refractivity contribution is 4.81. The first-order chi connectivity index (χ1) is 3.91. The molecule has 47 valence electrons. The minimum absolute atomic E-state index is 0.934. The molecule has 0 heteroatoms. The summed E-state index contributed by atoms with van der Waals surface area (Å²) in [6.07, 6.45) is 9.10. The van der Waals surface area contributed by atoms with Gasteiger partial charge in [-0.1, -0.05) is 31.9 Å². The van der Waals surface area contributed by atoms with Crippen LogP contribution in [0.2, 0.25) is 0 Å². The Morgan fingerprint density at radius 3 is 2.62 bits per heavy atom. The van der Waals surface area contributed by atoms with Crippen molar-refractivity contribution in [3.8, 4) is 0 Å². The van der Waals surface area contributed by atoms with Crippen LogP contribution < -0.4 is 0 Å². The van der Waals surface area contributed by atoms with Gasteiger partial charge in [0.25, 0.3) is 0 Å². The predicted octanol–water partition coefficient (Wildman–Crippen LogP) is 2.96. The van der Waals surface area contributed by atoms with Crippen molar-refractivity contribution in [2.75, 3.05) is 0 Å². The highest BCUT2D eigenvalue weighted by Crippen LogP contribution is 1.94. The highest BCUT2D eigenvalue weighted by atomic mass is 13.8. The Morgan fingerprint density at radius 2 is 2.12 bits per heavy atom. The lowest BCUT2D eigenvalue weighted by Gasteiger charge is -1.85. The van der Waals surface area contributed by atoms with Crippen LogP contribution in [0.5, 0.6) is 0 Å². The fourth-order valence-corrected chi connectivity index (χ4v) is 0.558. The van der Waals surface area contributed by atoms with E-state index in [0.29, 0.717) is 0 Å². The van der Waals surface area contributed by atoms with Crippen molar-refractivity contribution in [3.63, 3.8) is 0 Å². The summed E-state index contributed by atoms with van der Waals surface area (Å²) in [5.74, 6) is 0. The quantitative estimate of drug-likeness (QED) is 0.386. The molecule has 0 aromatic carbocycles. The second-order valence-corrected chi connectivity index (χ2v) is 1.90. The van der Waals surface area contributed by atoms with Gasteiger partial charge in [-0.15, -0.1) is 0 Å². The molecule has 0 aliphatic carbocycles. The lowest BCUT2D eigenvalue weighted by atomic mass is 10.2. The molecule has 0 rings (SSSR count). The summed E-state index contributed by atoms with van der Waals surface area (Å²) >= 11 is 0. The van der Waals surface area contributed by atoms with Crippen LogP contribution in [0.4, 0.5) is 0 Å². The van der Waals surface area contributed by atoms with Crippen LogP contribution in [0.25, 0.3) is 0 Å². The Labute approximate surface area is 52.6 Å². The van der Waals surface area contributed by atoms with E-state index in [1.165, 1.54) is 19.3 Å². The molecule has 0 saturated heterocycles. The molecule has 0 heterocycles. The summed E-state index contributed by atoms with van der Waals surface area (Å²) in [4.78, 5) is 0. The standard InChI is InChI=1S/C8H15/c1-3-5-7-8-6-4-2/h5,7H,1,3-4,6,8H2,2H3/b7-5-. The number of hydrogen-bond acceptors (Lipinski definition) is 0. The maximum Gasteiger partial charge on any atom is -0.0351 e. The fourth-order valence-electron chi connectivity index (χ4n) is 0.558. The summed E-state index contributed by atoms with van der Waals surface area (Å²) in [6.45, 7) is 5.90. The van der Waals surface area contributed by atoms with Gasteiger partial charge in [0.1, 0.15) is 0 Å². The summed E-state index contributed by atoms with van der Waals surface area (Å²) in [5.41, 5.74) is 0. The van der Waals surface area contributed by atoms with Crippen LogP contribution in [0.15, 0.2) is 12.2 Å². The van der Waals surface area contributed by atoms with Gasteiger partial charge in [-0.25, -0.2) is 0 Å². The maximum atomic E-state index is 3.70. The first kappa shape index (κ1) is 7.74. The molecule has 0 aliphatic heterocycles. The predicted molar refractivity (Wildman–Crippen MR) is 38.6 cm³/mol. The summed E-state index contributed by atoms with van der Waals surface area (Å²) < 4.78 is 0. The Morgan fingerprint density at radius 1 is 1.38 bits per heavy atom. The molecular weight excluding hydrogens is 96.1 g/mol. The normalized spacial score (nSPS) is 10.8. The smallest absolute Gasteiger partial charge is 0.0351 e. The molecule has 0 amide bonds. The number of unbranched alkanes of at least 4 members (excludes halogenated alkanes) is 2. The van der Waals surface area contributed by atoms with E-state index < -0.39 is 0 Å². The molecule has 0 unspecified atom stereocenters. The molecule has 0 bridgehead atoms. The van der Waals surface area contributed by atoms with Gasteiger partial charge in [0.15, 0.2) is 0 Å². The van der Waals surface area contributed by atoms with E-state index in [9.17, 15) is 0 Å². The Balaban J connectivity index is 2.80. The van der Waals surface area contributed by atoms with Crippen LogP contribution in [-0.2, 0) is 0 Å². The van der Waals surface area contributed by atoms with Gasteiger partial charge in [-0.3, -0.25) is 0 Å².